The highest BCUT2D eigenvalue weighted by Gasteiger charge is 2.30. The standard InChI is InChI=1S/C20H17N5OS/c26-19-15-8-4-5-9-16(15)21-17(22-19)12-27-20-23-18(13-10-11-13)25(24-20)14-6-2-1-3-7-14/h1-9,13H,10-12H2,(H,21,22,26). The first-order valence-electron chi connectivity index (χ1n) is 8.91. The number of nitrogens with zero attached hydrogens (tertiary/aromatic N) is 4. The van der Waals surface area contributed by atoms with E-state index in [4.69, 9.17) is 10.1 Å². The van der Waals surface area contributed by atoms with Gasteiger partial charge in [-0.2, -0.15) is 0 Å². The molecule has 0 radical (unpaired) electrons. The summed E-state index contributed by atoms with van der Waals surface area (Å²) in [7, 11) is 0. The van der Waals surface area contributed by atoms with Crippen LogP contribution in [0.4, 0.5) is 0 Å². The molecule has 7 heteroatoms. The van der Waals surface area contributed by atoms with Crippen molar-refractivity contribution >= 4 is 22.7 Å². The molecular formula is C20H17N5OS. The average molecular weight is 375 g/mol. The number of H-pyrrole nitrogens is 1. The van der Waals surface area contributed by atoms with E-state index in [1.54, 1.807) is 6.07 Å². The molecule has 0 spiro atoms. The zero-order chi connectivity index (χ0) is 18.2. The monoisotopic (exact) mass is 375 g/mol. The highest BCUT2D eigenvalue weighted by molar-refractivity contribution is 7.98. The van der Waals surface area contributed by atoms with Crippen LogP contribution in [0.3, 0.4) is 0 Å². The summed E-state index contributed by atoms with van der Waals surface area (Å²) in [6, 6.07) is 17.4. The minimum Gasteiger partial charge on any atom is -0.309 e. The van der Waals surface area contributed by atoms with Crippen LogP contribution >= 0.6 is 11.8 Å². The molecule has 134 valence electrons. The number of thioether (sulfide) groups is 1. The first-order valence-corrected chi connectivity index (χ1v) is 9.89. The van der Waals surface area contributed by atoms with Crippen LogP contribution in [0, 0.1) is 0 Å². The molecule has 2 aromatic carbocycles. The molecule has 1 aliphatic rings. The molecule has 6 nitrogen and oxygen atoms in total. The minimum atomic E-state index is -0.113. The molecule has 1 aliphatic carbocycles. The SMILES string of the molecule is O=c1[nH]c(CSc2nc(C3CC3)n(-c3ccccc3)n2)nc2ccccc12. The Morgan fingerprint density at radius 1 is 1.04 bits per heavy atom. The molecule has 2 heterocycles. The Morgan fingerprint density at radius 3 is 2.63 bits per heavy atom. The fourth-order valence-electron chi connectivity index (χ4n) is 3.07. The Hall–Kier alpha value is -2.93. The van der Waals surface area contributed by atoms with E-state index in [9.17, 15) is 4.79 Å². The zero-order valence-electron chi connectivity index (χ0n) is 14.5. The van der Waals surface area contributed by atoms with E-state index in [0.29, 0.717) is 33.6 Å². The van der Waals surface area contributed by atoms with Crippen molar-refractivity contribution in [1.29, 1.82) is 0 Å². The molecule has 0 amide bonds. The fraction of sp³-hybridized carbons (Fsp3) is 0.200. The van der Waals surface area contributed by atoms with Crippen molar-refractivity contribution in [1.82, 2.24) is 24.7 Å². The number of rotatable bonds is 5. The molecule has 0 atom stereocenters. The lowest BCUT2D eigenvalue weighted by Crippen LogP contribution is -2.11. The van der Waals surface area contributed by atoms with Crippen LogP contribution < -0.4 is 5.56 Å². The molecule has 1 saturated carbocycles. The van der Waals surface area contributed by atoms with Gasteiger partial charge in [0.05, 0.1) is 22.3 Å². The van der Waals surface area contributed by atoms with Crippen molar-refractivity contribution in [2.24, 2.45) is 0 Å². The van der Waals surface area contributed by atoms with Gasteiger partial charge in [-0.15, -0.1) is 5.10 Å². The normalized spacial score (nSPS) is 13.9. The third-order valence-electron chi connectivity index (χ3n) is 4.56. The second-order valence-electron chi connectivity index (χ2n) is 6.59. The van der Waals surface area contributed by atoms with Gasteiger partial charge in [-0.25, -0.2) is 14.6 Å². The summed E-state index contributed by atoms with van der Waals surface area (Å²) in [6.07, 6.45) is 2.32. The van der Waals surface area contributed by atoms with Crippen LogP contribution in [0.5, 0.6) is 0 Å². The molecular weight excluding hydrogens is 358 g/mol. The lowest BCUT2D eigenvalue weighted by Gasteiger charge is -2.03. The quantitative estimate of drug-likeness (QED) is 0.539. The van der Waals surface area contributed by atoms with Crippen molar-refractivity contribution in [2.45, 2.75) is 29.7 Å². The predicted molar refractivity (Wildman–Crippen MR) is 105 cm³/mol. The van der Waals surface area contributed by atoms with Crippen molar-refractivity contribution in [2.75, 3.05) is 0 Å². The summed E-state index contributed by atoms with van der Waals surface area (Å²) in [5, 5.41) is 6.00. The van der Waals surface area contributed by atoms with Crippen LogP contribution in [0.15, 0.2) is 64.5 Å². The van der Waals surface area contributed by atoms with E-state index in [2.05, 4.69) is 9.97 Å². The summed E-state index contributed by atoms with van der Waals surface area (Å²) < 4.78 is 1.94. The van der Waals surface area contributed by atoms with E-state index < -0.39 is 0 Å². The van der Waals surface area contributed by atoms with Crippen LogP contribution in [0.1, 0.15) is 30.4 Å². The summed E-state index contributed by atoms with van der Waals surface area (Å²) >= 11 is 1.49. The number of aromatic nitrogens is 5. The van der Waals surface area contributed by atoms with Crippen LogP contribution in [-0.2, 0) is 5.75 Å². The number of fused-ring (bicyclic) bond motifs is 1. The Morgan fingerprint density at radius 2 is 1.81 bits per heavy atom. The lowest BCUT2D eigenvalue weighted by atomic mass is 10.2. The summed E-state index contributed by atoms with van der Waals surface area (Å²) in [5.74, 6) is 2.66. The zero-order valence-corrected chi connectivity index (χ0v) is 15.3. The maximum atomic E-state index is 12.2. The van der Waals surface area contributed by atoms with Crippen LogP contribution in [-0.4, -0.2) is 24.7 Å². The lowest BCUT2D eigenvalue weighted by molar-refractivity contribution is 0.782. The molecule has 5 rings (SSSR count). The molecule has 0 unspecified atom stereocenters. The first-order chi connectivity index (χ1) is 13.3. The van der Waals surface area contributed by atoms with Gasteiger partial charge >= 0.3 is 0 Å². The third-order valence-corrected chi connectivity index (χ3v) is 5.40. The van der Waals surface area contributed by atoms with E-state index >= 15 is 0 Å². The Bertz CT molecular complexity index is 1160. The van der Waals surface area contributed by atoms with Crippen molar-refractivity contribution in [3.63, 3.8) is 0 Å². The highest BCUT2D eigenvalue weighted by atomic mass is 32.2. The van der Waals surface area contributed by atoms with E-state index in [1.807, 2.05) is 53.2 Å². The van der Waals surface area contributed by atoms with Crippen LogP contribution in [0.2, 0.25) is 0 Å². The summed E-state index contributed by atoms with van der Waals surface area (Å²) in [6.45, 7) is 0. The molecule has 0 aliphatic heterocycles. The number of aromatic amines is 1. The van der Waals surface area contributed by atoms with Crippen LogP contribution in [0.25, 0.3) is 16.6 Å². The number of nitrogens with one attached hydrogen (secondary N) is 1. The van der Waals surface area contributed by atoms with Gasteiger partial charge in [0.1, 0.15) is 11.6 Å². The Kier molecular flexibility index (Phi) is 4.01. The first kappa shape index (κ1) is 16.3. The third kappa shape index (κ3) is 3.26. The number of hydrogen-bond donors (Lipinski definition) is 1. The Labute approximate surface area is 159 Å². The second-order valence-corrected chi connectivity index (χ2v) is 7.54. The van der Waals surface area contributed by atoms with Gasteiger partial charge in [0.25, 0.3) is 5.56 Å². The topological polar surface area (TPSA) is 76.5 Å². The van der Waals surface area contributed by atoms with Crippen molar-refractivity contribution < 1.29 is 0 Å². The molecule has 1 N–H and O–H groups in total. The van der Waals surface area contributed by atoms with Crippen molar-refractivity contribution in [3.8, 4) is 5.69 Å². The smallest absolute Gasteiger partial charge is 0.258 e. The summed E-state index contributed by atoms with van der Waals surface area (Å²) in [5.41, 5.74) is 1.62. The van der Waals surface area contributed by atoms with Gasteiger partial charge < -0.3 is 4.98 Å². The second kappa shape index (κ2) is 6.66. The van der Waals surface area contributed by atoms with Gasteiger partial charge in [-0.1, -0.05) is 42.1 Å². The number of hydrogen-bond acceptors (Lipinski definition) is 5. The van der Waals surface area contributed by atoms with E-state index in [-0.39, 0.29) is 5.56 Å². The minimum absolute atomic E-state index is 0.113. The van der Waals surface area contributed by atoms with Gasteiger partial charge in [-0.3, -0.25) is 4.79 Å². The van der Waals surface area contributed by atoms with E-state index in [0.717, 1.165) is 24.4 Å². The van der Waals surface area contributed by atoms with Gasteiger partial charge in [0, 0.05) is 5.92 Å². The molecule has 4 aromatic rings. The maximum Gasteiger partial charge on any atom is 0.258 e. The largest absolute Gasteiger partial charge is 0.309 e. The molecule has 27 heavy (non-hydrogen) atoms. The van der Waals surface area contributed by atoms with E-state index in [1.165, 1.54) is 11.8 Å². The molecule has 0 saturated heterocycles. The van der Waals surface area contributed by atoms with Crippen molar-refractivity contribution in [3.05, 3.63) is 76.6 Å². The average Bonchev–Trinajstić information content (AvgIpc) is 3.46. The fourth-order valence-corrected chi connectivity index (χ4v) is 3.77. The number of para-hydroxylation sites is 2. The highest BCUT2D eigenvalue weighted by Crippen LogP contribution is 2.40. The van der Waals surface area contributed by atoms with Gasteiger partial charge in [0.15, 0.2) is 0 Å². The summed E-state index contributed by atoms with van der Waals surface area (Å²) in [4.78, 5) is 24.4. The number of benzene rings is 2. The Balaban J connectivity index is 1.42. The molecule has 2 aromatic heterocycles. The molecule has 1 fully saturated rings. The predicted octanol–water partition coefficient (Wildman–Crippen LogP) is 3.67. The van der Waals surface area contributed by atoms with Gasteiger partial charge in [0.2, 0.25) is 5.16 Å². The maximum absolute atomic E-state index is 12.2. The van der Waals surface area contributed by atoms with Gasteiger partial charge in [-0.05, 0) is 37.1 Å². The molecule has 0 bridgehead atoms.